The molecule has 86 valence electrons. The van der Waals surface area contributed by atoms with E-state index in [1.54, 1.807) is 0 Å². The number of halogens is 3. The maximum absolute atomic E-state index is 13.2. The Kier molecular flexibility index (Phi) is 3.20. The van der Waals surface area contributed by atoms with Gasteiger partial charge in [-0.25, -0.2) is 8.78 Å². The fraction of sp³-hybridized carbons (Fsp3) is 0. The first-order valence-electron chi connectivity index (χ1n) is 4.84. The highest BCUT2D eigenvalue weighted by molar-refractivity contribution is 6.35. The van der Waals surface area contributed by atoms with E-state index in [2.05, 4.69) is 0 Å². The van der Waals surface area contributed by atoms with E-state index < -0.39 is 17.4 Å². The van der Waals surface area contributed by atoms with Crippen LogP contribution in [-0.2, 0) is 0 Å². The first kappa shape index (κ1) is 11.7. The van der Waals surface area contributed by atoms with Gasteiger partial charge in [0.1, 0.15) is 11.6 Å². The summed E-state index contributed by atoms with van der Waals surface area (Å²) in [5.41, 5.74) is 0.162. The Bertz CT molecular complexity index is 581. The smallest absolute Gasteiger partial charge is 0.194 e. The molecular weight excluding hydrogens is 246 g/mol. The molecule has 0 saturated carbocycles. The van der Waals surface area contributed by atoms with Crippen LogP contribution in [0.1, 0.15) is 15.9 Å². The van der Waals surface area contributed by atoms with E-state index in [9.17, 15) is 13.6 Å². The first-order valence-corrected chi connectivity index (χ1v) is 5.21. The molecule has 0 bridgehead atoms. The van der Waals surface area contributed by atoms with Gasteiger partial charge in [-0.1, -0.05) is 29.8 Å². The molecule has 1 nitrogen and oxygen atoms in total. The van der Waals surface area contributed by atoms with Crippen molar-refractivity contribution in [2.75, 3.05) is 0 Å². The predicted molar refractivity (Wildman–Crippen MR) is 61.2 cm³/mol. The summed E-state index contributed by atoms with van der Waals surface area (Å²) in [5, 5.41) is -0.248. The van der Waals surface area contributed by atoms with E-state index in [-0.39, 0.29) is 16.1 Å². The van der Waals surface area contributed by atoms with Gasteiger partial charge in [-0.05, 0) is 24.3 Å². The molecule has 0 radical (unpaired) electrons. The molecule has 2 rings (SSSR count). The lowest BCUT2D eigenvalue weighted by molar-refractivity contribution is 0.103. The minimum atomic E-state index is -0.672. The Hall–Kier alpha value is -1.74. The largest absolute Gasteiger partial charge is 0.289 e. The standard InChI is InChI=1S/C13H7ClF2O/c14-12-10(5-2-6-11(12)16)13(17)8-3-1-4-9(15)7-8/h1-7H. The van der Waals surface area contributed by atoms with Crippen LogP contribution in [-0.4, -0.2) is 5.78 Å². The molecule has 0 spiro atoms. The molecule has 0 aromatic heterocycles. The van der Waals surface area contributed by atoms with Crippen LogP contribution in [0.25, 0.3) is 0 Å². The van der Waals surface area contributed by atoms with Crippen molar-refractivity contribution in [1.29, 1.82) is 0 Å². The SMILES string of the molecule is O=C(c1cccc(F)c1)c1cccc(F)c1Cl. The molecule has 17 heavy (non-hydrogen) atoms. The zero-order chi connectivity index (χ0) is 12.4. The summed E-state index contributed by atoms with van der Waals surface area (Å²) in [5.74, 6) is -1.70. The number of carbonyl (C=O) groups excluding carboxylic acids is 1. The van der Waals surface area contributed by atoms with Crippen molar-refractivity contribution in [3.63, 3.8) is 0 Å². The number of hydrogen-bond acceptors (Lipinski definition) is 1. The Morgan fingerprint density at radius 2 is 1.76 bits per heavy atom. The first-order chi connectivity index (χ1) is 8.09. The van der Waals surface area contributed by atoms with Crippen LogP contribution < -0.4 is 0 Å². The second-order valence-electron chi connectivity index (χ2n) is 3.44. The summed E-state index contributed by atoms with van der Waals surface area (Å²) in [6.45, 7) is 0. The number of hydrogen-bond donors (Lipinski definition) is 0. The van der Waals surface area contributed by atoms with Gasteiger partial charge in [0, 0.05) is 11.1 Å². The Morgan fingerprint density at radius 3 is 2.47 bits per heavy atom. The van der Waals surface area contributed by atoms with Crippen molar-refractivity contribution in [3.8, 4) is 0 Å². The topological polar surface area (TPSA) is 17.1 Å². The molecule has 0 heterocycles. The predicted octanol–water partition coefficient (Wildman–Crippen LogP) is 3.85. The highest BCUT2D eigenvalue weighted by atomic mass is 35.5. The number of ketones is 1. The second kappa shape index (κ2) is 4.63. The lowest BCUT2D eigenvalue weighted by Crippen LogP contribution is -2.03. The average molecular weight is 253 g/mol. The van der Waals surface area contributed by atoms with E-state index in [1.807, 2.05) is 0 Å². The zero-order valence-corrected chi connectivity index (χ0v) is 9.34. The van der Waals surface area contributed by atoms with Gasteiger partial charge in [0.2, 0.25) is 0 Å². The van der Waals surface area contributed by atoms with Gasteiger partial charge in [-0.15, -0.1) is 0 Å². The summed E-state index contributed by atoms with van der Waals surface area (Å²) in [6, 6.07) is 9.12. The summed E-state index contributed by atoms with van der Waals surface area (Å²) in [6.07, 6.45) is 0. The number of benzene rings is 2. The van der Waals surface area contributed by atoms with Gasteiger partial charge in [0.25, 0.3) is 0 Å². The maximum atomic E-state index is 13.2. The number of rotatable bonds is 2. The zero-order valence-electron chi connectivity index (χ0n) is 8.58. The van der Waals surface area contributed by atoms with Crippen molar-refractivity contribution in [1.82, 2.24) is 0 Å². The van der Waals surface area contributed by atoms with Crippen molar-refractivity contribution >= 4 is 17.4 Å². The summed E-state index contributed by atoms with van der Waals surface area (Å²) in [7, 11) is 0. The highest BCUT2D eigenvalue weighted by Crippen LogP contribution is 2.22. The molecule has 0 N–H and O–H groups in total. The summed E-state index contributed by atoms with van der Waals surface area (Å²) in [4.78, 5) is 12.0. The monoisotopic (exact) mass is 252 g/mol. The minimum absolute atomic E-state index is 0.0252. The van der Waals surface area contributed by atoms with E-state index in [4.69, 9.17) is 11.6 Å². The Labute approximate surface area is 102 Å². The highest BCUT2D eigenvalue weighted by Gasteiger charge is 2.15. The van der Waals surface area contributed by atoms with Crippen molar-refractivity contribution < 1.29 is 13.6 Å². The van der Waals surface area contributed by atoms with Crippen LogP contribution >= 0.6 is 11.6 Å². The van der Waals surface area contributed by atoms with Crippen LogP contribution in [0.15, 0.2) is 42.5 Å². The van der Waals surface area contributed by atoms with Crippen LogP contribution in [0.4, 0.5) is 8.78 Å². The van der Waals surface area contributed by atoms with Gasteiger partial charge in [0.05, 0.1) is 5.02 Å². The molecule has 0 amide bonds. The molecule has 2 aromatic rings. The van der Waals surface area contributed by atoms with Crippen LogP contribution in [0.5, 0.6) is 0 Å². The molecule has 4 heteroatoms. The van der Waals surface area contributed by atoms with Crippen LogP contribution in [0.3, 0.4) is 0 Å². The minimum Gasteiger partial charge on any atom is -0.289 e. The molecular formula is C13H7ClF2O. The third kappa shape index (κ3) is 2.34. The van der Waals surface area contributed by atoms with E-state index in [0.717, 1.165) is 12.1 Å². The van der Waals surface area contributed by atoms with E-state index in [1.165, 1.54) is 30.3 Å². The van der Waals surface area contributed by atoms with Crippen molar-refractivity contribution in [2.24, 2.45) is 0 Å². The Balaban J connectivity index is 2.48. The lowest BCUT2D eigenvalue weighted by Gasteiger charge is -2.04. The molecule has 0 aliphatic heterocycles. The fourth-order valence-electron chi connectivity index (χ4n) is 1.46. The van der Waals surface area contributed by atoms with Gasteiger partial charge < -0.3 is 0 Å². The molecule has 0 atom stereocenters. The molecule has 2 aromatic carbocycles. The van der Waals surface area contributed by atoms with Crippen LogP contribution in [0.2, 0.25) is 5.02 Å². The lowest BCUT2D eigenvalue weighted by atomic mass is 10.0. The second-order valence-corrected chi connectivity index (χ2v) is 3.82. The summed E-state index contributed by atoms with van der Waals surface area (Å²) < 4.78 is 26.1. The average Bonchev–Trinajstić information content (AvgIpc) is 2.32. The normalized spacial score (nSPS) is 10.3. The molecule has 0 fully saturated rings. The van der Waals surface area contributed by atoms with Gasteiger partial charge in [0.15, 0.2) is 5.78 Å². The maximum Gasteiger partial charge on any atom is 0.194 e. The Morgan fingerprint density at radius 1 is 1.06 bits per heavy atom. The molecule has 0 aliphatic rings. The number of carbonyl (C=O) groups is 1. The van der Waals surface area contributed by atoms with Gasteiger partial charge in [-0.3, -0.25) is 4.79 Å². The van der Waals surface area contributed by atoms with E-state index >= 15 is 0 Å². The molecule has 0 aliphatic carbocycles. The fourth-order valence-corrected chi connectivity index (χ4v) is 1.68. The van der Waals surface area contributed by atoms with Crippen molar-refractivity contribution in [2.45, 2.75) is 0 Å². The third-order valence-corrected chi connectivity index (χ3v) is 2.67. The summed E-state index contributed by atoms with van der Waals surface area (Å²) >= 11 is 5.69. The molecule has 0 unspecified atom stereocenters. The third-order valence-electron chi connectivity index (χ3n) is 2.28. The quantitative estimate of drug-likeness (QED) is 0.742. The molecule has 0 saturated heterocycles. The van der Waals surface area contributed by atoms with Crippen LogP contribution in [0, 0.1) is 11.6 Å². The van der Waals surface area contributed by atoms with E-state index in [0.29, 0.717) is 0 Å². The van der Waals surface area contributed by atoms with Crippen molar-refractivity contribution in [3.05, 3.63) is 70.2 Å². The van der Waals surface area contributed by atoms with Gasteiger partial charge >= 0.3 is 0 Å². The van der Waals surface area contributed by atoms with Gasteiger partial charge in [-0.2, -0.15) is 0 Å².